The Morgan fingerprint density at radius 3 is 2.33 bits per heavy atom. The Hall–Kier alpha value is -1.44. The second kappa shape index (κ2) is 6.12. The Balaban J connectivity index is 0.000000337. The number of benzene rings is 1. The highest BCUT2D eigenvalue weighted by molar-refractivity contribution is 5.24. The van der Waals surface area contributed by atoms with Crippen LogP contribution < -0.4 is 0 Å². The molecule has 1 aromatic carbocycles. The standard InChI is InChI=1S/C11H14O.CO2/c1-9-2-4-10(5-3-9)11-6-7-12-8-11;2-1-3/h2-5,11H,6-8H2,1H3;. The summed E-state index contributed by atoms with van der Waals surface area (Å²) in [5.74, 6) is 0.644. The van der Waals surface area contributed by atoms with Gasteiger partial charge in [0.25, 0.3) is 0 Å². The minimum Gasteiger partial charge on any atom is -0.381 e. The quantitative estimate of drug-likeness (QED) is 0.705. The Kier molecular flexibility index (Phi) is 4.75. The molecule has 0 bridgehead atoms. The van der Waals surface area contributed by atoms with Crippen molar-refractivity contribution in [2.75, 3.05) is 13.2 Å². The molecule has 0 spiro atoms. The maximum atomic E-state index is 8.12. The molecule has 2 rings (SSSR count). The molecule has 1 unspecified atom stereocenters. The highest BCUT2D eigenvalue weighted by atomic mass is 16.5. The monoisotopic (exact) mass is 206 g/mol. The number of carbonyl (C=O) groups excluding carboxylic acids is 2. The Labute approximate surface area is 89.1 Å². The van der Waals surface area contributed by atoms with Crippen molar-refractivity contribution in [2.45, 2.75) is 19.3 Å². The van der Waals surface area contributed by atoms with Crippen molar-refractivity contribution < 1.29 is 14.3 Å². The SMILES string of the molecule is Cc1ccc(C2CCOC2)cc1.O=C=O. The van der Waals surface area contributed by atoms with Crippen LogP contribution in [-0.2, 0) is 14.3 Å². The van der Waals surface area contributed by atoms with Crippen LogP contribution in [0.15, 0.2) is 24.3 Å². The fraction of sp³-hybridized carbons (Fsp3) is 0.417. The van der Waals surface area contributed by atoms with Gasteiger partial charge in [-0.15, -0.1) is 0 Å². The molecular weight excluding hydrogens is 192 g/mol. The summed E-state index contributed by atoms with van der Waals surface area (Å²) in [4.78, 5) is 16.2. The smallest absolute Gasteiger partial charge is 0.373 e. The van der Waals surface area contributed by atoms with Crippen LogP contribution in [0.2, 0.25) is 0 Å². The summed E-state index contributed by atoms with van der Waals surface area (Å²) in [6.07, 6.45) is 1.43. The average Bonchev–Trinajstić information content (AvgIpc) is 2.73. The molecule has 80 valence electrons. The first-order chi connectivity index (χ1) is 7.27. The predicted octanol–water partition coefficient (Wildman–Crippen LogP) is 1.92. The summed E-state index contributed by atoms with van der Waals surface area (Å²) < 4.78 is 5.34. The van der Waals surface area contributed by atoms with Crippen LogP contribution in [-0.4, -0.2) is 19.4 Å². The van der Waals surface area contributed by atoms with Crippen molar-refractivity contribution in [3.8, 4) is 0 Å². The number of rotatable bonds is 1. The van der Waals surface area contributed by atoms with Gasteiger partial charge in [0.2, 0.25) is 0 Å². The number of hydrogen-bond donors (Lipinski definition) is 0. The molecule has 0 N–H and O–H groups in total. The largest absolute Gasteiger partial charge is 0.381 e. The summed E-state index contributed by atoms with van der Waals surface area (Å²) in [5, 5.41) is 0. The molecule has 0 aliphatic carbocycles. The molecule has 1 aliphatic heterocycles. The molecule has 1 atom stereocenters. The fourth-order valence-corrected chi connectivity index (χ4v) is 1.64. The zero-order valence-corrected chi connectivity index (χ0v) is 8.73. The van der Waals surface area contributed by atoms with E-state index in [1.54, 1.807) is 0 Å². The molecule has 1 aliphatic rings. The second-order valence-corrected chi connectivity index (χ2v) is 3.55. The molecule has 3 heteroatoms. The minimum atomic E-state index is 0.250. The van der Waals surface area contributed by atoms with Gasteiger partial charge >= 0.3 is 6.15 Å². The van der Waals surface area contributed by atoms with Gasteiger partial charge in [-0.25, -0.2) is 0 Å². The summed E-state index contributed by atoms with van der Waals surface area (Å²) in [6, 6.07) is 8.78. The van der Waals surface area contributed by atoms with Crippen molar-refractivity contribution in [1.29, 1.82) is 0 Å². The van der Waals surface area contributed by atoms with Gasteiger partial charge in [-0.2, -0.15) is 9.59 Å². The van der Waals surface area contributed by atoms with Gasteiger partial charge in [0.05, 0.1) is 6.61 Å². The van der Waals surface area contributed by atoms with Crippen LogP contribution in [0.25, 0.3) is 0 Å². The minimum absolute atomic E-state index is 0.250. The van der Waals surface area contributed by atoms with Gasteiger partial charge < -0.3 is 4.74 Å². The van der Waals surface area contributed by atoms with E-state index in [0.29, 0.717) is 5.92 Å². The second-order valence-electron chi connectivity index (χ2n) is 3.55. The number of hydrogen-bond acceptors (Lipinski definition) is 3. The topological polar surface area (TPSA) is 43.4 Å². The summed E-state index contributed by atoms with van der Waals surface area (Å²) in [5.41, 5.74) is 2.76. The average molecular weight is 206 g/mol. The molecule has 1 saturated heterocycles. The molecule has 1 aromatic rings. The van der Waals surface area contributed by atoms with Crippen LogP contribution in [0.1, 0.15) is 23.5 Å². The van der Waals surface area contributed by atoms with Crippen LogP contribution in [0, 0.1) is 6.92 Å². The number of ether oxygens (including phenoxy) is 1. The lowest BCUT2D eigenvalue weighted by molar-refractivity contribution is -0.191. The van der Waals surface area contributed by atoms with Crippen LogP contribution in [0.3, 0.4) is 0 Å². The van der Waals surface area contributed by atoms with Gasteiger partial charge in [0.1, 0.15) is 0 Å². The Morgan fingerprint density at radius 2 is 1.87 bits per heavy atom. The molecule has 1 heterocycles. The van der Waals surface area contributed by atoms with E-state index in [9.17, 15) is 0 Å². The third kappa shape index (κ3) is 3.66. The number of aryl methyl sites for hydroxylation is 1. The van der Waals surface area contributed by atoms with Crippen molar-refractivity contribution >= 4 is 6.15 Å². The lowest BCUT2D eigenvalue weighted by atomic mass is 9.98. The first-order valence-corrected chi connectivity index (χ1v) is 4.91. The molecule has 1 fully saturated rings. The fourth-order valence-electron chi connectivity index (χ4n) is 1.64. The molecule has 0 radical (unpaired) electrons. The lowest BCUT2D eigenvalue weighted by Crippen LogP contribution is -1.96. The van der Waals surface area contributed by atoms with Gasteiger partial charge in [-0.3, -0.25) is 0 Å². The Morgan fingerprint density at radius 1 is 1.27 bits per heavy atom. The molecule has 3 nitrogen and oxygen atoms in total. The molecule has 0 amide bonds. The van der Waals surface area contributed by atoms with Crippen LogP contribution in [0.4, 0.5) is 0 Å². The highest BCUT2D eigenvalue weighted by Gasteiger charge is 2.16. The van der Waals surface area contributed by atoms with E-state index in [2.05, 4.69) is 31.2 Å². The molecular formula is C12H14O3. The van der Waals surface area contributed by atoms with Crippen LogP contribution in [0.5, 0.6) is 0 Å². The van der Waals surface area contributed by atoms with E-state index >= 15 is 0 Å². The van der Waals surface area contributed by atoms with Crippen molar-refractivity contribution in [2.24, 2.45) is 0 Å². The van der Waals surface area contributed by atoms with Gasteiger partial charge in [-0.05, 0) is 18.9 Å². The highest BCUT2D eigenvalue weighted by Crippen LogP contribution is 2.24. The summed E-state index contributed by atoms with van der Waals surface area (Å²) in [7, 11) is 0. The first-order valence-electron chi connectivity index (χ1n) is 4.91. The van der Waals surface area contributed by atoms with E-state index < -0.39 is 0 Å². The Bertz CT molecular complexity index is 317. The summed E-state index contributed by atoms with van der Waals surface area (Å²) >= 11 is 0. The summed E-state index contributed by atoms with van der Waals surface area (Å²) in [6.45, 7) is 3.95. The maximum absolute atomic E-state index is 8.12. The van der Waals surface area contributed by atoms with Crippen molar-refractivity contribution in [3.63, 3.8) is 0 Å². The first kappa shape index (κ1) is 11.6. The van der Waals surface area contributed by atoms with E-state index in [1.165, 1.54) is 17.5 Å². The van der Waals surface area contributed by atoms with Gasteiger partial charge in [-0.1, -0.05) is 29.8 Å². The lowest BCUT2D eigenvalue weighted by Gasteiger charge is -2.07. The molecule has 0 saturated carbocycles. The predicted molar refractivity (Wildman–Crippen MR) is 54.4 cm³/mol. The third-order valence-electron chi connectivity index (χ3n) is 2.48. The van der Waals surface area contributed by atoms with E-state index in [4.69, 9.17) is 14.3 Å². The van der Waals surface area contributed by atoms with E-state index in [0.717, 1.165) is 13.2 Å². The zero-order chi connectivity index (χ0) is 11.1. The van der Waals surface area contributed by atoms with Gasteiger partial charge in [0, 0.05) is 12.5 Å². The normalized spacial score (nSPS) is 18.9. The molecule has 0 aromatic heterocycles. The van der Waals surface area contributed by atoms with Crippen molar-refractivity contribution in [1.82, 2.24) is 0 Å². The zero-order valence-electron chi connectivity index (χ0n) is 8.73. The van der Waals surface area contributed by atoms with Gasteiger partial charge in [0.15, 0.2) is 0 Å². The third-order valence-corrected chi connectivity index (χ3v) is 2.48. The van der Waals surface area contributed by atoms with E-state index in [-0.39, 0.29) is 6.15 Å². The van der Waals surface area contributed by atoms with E-state index in [1.807, 2.05) is 0 Å². The molecule has 15 heavy (non-hydrogen) atoms. The maximum Gasteiger partial charge on any atom is 0.373 e. The van der Waals surface area contributed by atoms with Crippen LogP contribution >= 0.6 is 0 Å². The van der Waals surface area contributed by atoms with Crippen molar-refractivity contribution in [3.05, 3.63) is 35.4 Å².